The van der Waals surface area contributed by atoms with Gasteiger partial charge in [-0.2, -0.15) is 8.42 Å². The van der Waals surface area contributed by atoms with Crippen molar-refractivity contribution in [1.82, 2.24) is 9.97 Å². The zero-order chi connectivity index (χ0) is 27.3. The number of hydrogen-bond acceptors (Lipinski definition) is 4. The Morgan fingerprint density at radius 2 is 1.29 bits per heavy atom. The van der Waals surface area contributed by atoms with Crippen LogP contribution in [0.4, 0.5) is 0 Å². The predicted octanol–water partition coefficient (Wildman–Crippen LogP) is 7.98. The van der Waals surface area contributed by atoms with E-state index in [9.17, 15) is 8.42 Å². The summed E-state index contributed by atoms with van der Waals surface area (Å²) in [4.78, 5) is 8.44. The van der Waals surface area contributed by atoms with Gasteiger partial charge in [-0.3, -0.25) is 9.54 Å². The SMILES string of the molecule is O=S(=O)(O)c1ccccn1.[Ir].[c-]1cc2cc3ccccc3cc2cc1-c1cc2c3c(cccc3n1)-c1ccccc1-2. The molecule has 2 aromatic heterocycles. The molecule has 5 nitrogen and oxygen atoms in total. The Bertz CT molecular complexity index is 2200. The van der Waals surface area contributed by atoms with Crippen molar-refractivity contribution in [3.8, 4) is 33.5 Å². The number of benzene rings is 5. The van der Waals surface area contributed by atoms with Crippen molar-refractivity contribution < 1.29 is 33.1 Å². The van der Waals surface area contributed by atoms with Crippen LogP contribution in [-0.4, -0.2) is 22.9 Å². The van der Waals surface area contributed by atoms with E-state index in [0.29, 0.717) is 0 Å². The number of fused-ring (bicyclic) bond motifs is 5. The van der Waals surface area contributed by atoms with Crippen LogP contribution >= 0.6 is 0 Å². The Hall–Kier alpha value is -4.26. The van der Waals surface area contributed by atoms with Crippen LogP contribution in [0.2, 0.25) is 0 Å². The summed E-state index contributed by atoms with van der Waals surface area (Å²) in [6.45, 7) is 0. The fraction of sp³-hybridized carbons (Fsp3) is 0. The maximum Gasteiger partial charge on any atom is 0.312 e. The van der Waals surface area contributed by atoms with Crippen molar-refractivity contribution in [3.05, 3.63) is 128 Å². The zero-order valence-electron chi connectivity index (χ0n) is 21.4. The summed E-state index contributed by atoms with van der Waals surface area (Å²) in [5.74, 6) is 0. The van der Waals surface area contributed by atoms with Gasteiger partial charge in [0.15, 0.2) is 5.03 Å². The summed E-state index contributed by atoms with van der Waals surface area (Å²) in [6, 6.07) is 42.3. The van der Waals surface area contributed by atoms with Gasteiger partial charge in [0.05, 0.1) is 5.52 Å². The molecule has 1 radical (unpaired) electrons. The molecule has 0 bridgehead atoms. The van der Waals surface area contributed by atoms with Crippen LogP contribution in [0.5, 0.6) is 0 Å². The van der Waals surface area contributed by atoms with Crippen LogP contribution in [0.25, 0.3) is 66.0 Å². The minimum Gasteiger partial charge on any atom is -0.296 e. The summed E-state index contributed by atoms with van der Waals surface area (Å²) >= 11 is 0. The third kappa shape index (κ3) is 4.94. The monoisotopic (exact) mass is 730 g/mol. The Morgan fingerprint density at radius 3 is 1.98 bits per heavy atom. The molecular weight excluding hydrogens is 709 g/mol. The second kappa shape index (κ2) is 10.6. The standard InChI is InChI=1S/C29H16N.C5H5NO3S.Ir/c1-2-7-19-15-22-16-21(13-12-20(22)14-18(19)6-1)28-17-26-24-9-4-3-8-23(24)25-10-5-11-27(30-28)29(25)26;7-10(8,9)5-3-1-2-4-6-5;/h1-12,14-17H;1-4H,(H,7,8,9);/q-1;;. The van der Waals surface area contributed by atoms with Crippen LogP contribution < -0.4 is 0 Å². The van der Waals surface area contributed by atoms with Crippen LogP contribution in [-0.2, 0) is 30.2 Å². The number of hydrogen-bond donors (Lipinski definition) is 1. The van der Waals surface area contributed by atoms with Crippen LogP contribution in [0.15, 0.2) is 126 Å². The smallest absolute Gasteiger partial charge is 0.296 e. The first-order chi connectivity index (χ1) is 19.5. The molecule has 1 aliphatic carbocycles. The molecule has 5 aromatic carbocycles. The third-order valence-electron chi connectivity index (χ3n) is 7.15. The minimum atomic E-state index is -4.11. The molecule has 201 valence electrons. The number of aromatic nitrogens is 2. The molecular formula is C34H21IrN2O3S-. The maximum absolute atomic E-state index is 10.3. The fourth-order valence-corrected chi connectivity index (χ4v) is 5.79. The van der Waals surface area contributed by atoms with E-state index in [1.807, 2.05) is 0 Å². The van der Waals surface area contributed by atoms with Gasteiger partial charge < -0.3 is 0 Å². The number of nitrogens with zero attached hydrogens (tertiary/aromatic N) is 2. The van der Waals surface area contributed by atoms with Gasteiger partial charge in [-0.15, -0.1) is 29.1 Å². The van der Waals surface area contributed by atoms with E-state index in [4.69, 9.17) is 9.54 Å². The van der Waals surface area contributed by atoms with Crippen molar-refractivity contribution in [2.75, 3.05) is 0 Å². The molecule has 0 amide bonds. The van der Waals surface area contributed by atoms with Gasteiger partial charge >= 0.3 is 10.1 Å². The Morgan fingerprint density at radius 1 is 0.634 bits per heavy atom. The molecule has 0 saturated heterocycles. The zero-order valence-corrected chi connectivity index (χ0v) is 24.7. The summed E-state index contributed by atoms with van der Waals surface area (Å²) in [7, 11) is -4.11. The minimum absolute atomic E-state index is 0. The molecule has 7 aromatic rings. The van der Waals surface area contributed by atoms with Crippen LogP contribution in [0.3, 0.4) is 0 Å². The van der Waals surface area contributed by atoms with Crippen LogP contribution in [0.1, 0.15) is 0 Å². The van der Waals surface area contributed by atoms with Crippen molar-refractivity contribution in [3.63, 3.8) is 0 Å². The maximum atomic E-state index is 10.3. The van der Waals surface area contributed by atoms with Gasteiger partial charge in [-0.05, 0) is 56.9 Å². The molecule has 1 aliphatic rings. The van der Waals surface area contributed by atoms with Gasteiger partial charge in [0, 0.05) is 31.7 Å². The van der Waals surface area contributed by atoms with E-state index in [-0.39, 0.29) is 25.1 Å². The summed E-state index contributed by atoms with van der Waals surface area (Å²) < 4.78 is 29.1. The van der Waals surface area contributed by atoms with E-state index >= 15 is 0 Å². The predicted molar refractivity (Wildman–Crippen MR) is 160 cm³/mol. The van der Waals surface area contributed by atoms with Crippen molar-refractivity contribution >= 4 is 42.6 Å². The molecule has 2 heterocycles. The van der Waals surface area contributed by atoms with Gasteiger partial charge in [0.2, 0.25) is 0 Å². The topological polar surface area (TPSA) is 80.2 Å². The van der Waals surface area contributed by atoms with E-state index in [0.717, 1.165) is 16.8 Å². The van der Waals surface area contributed by atoms with Gasteiger partial charge in [0.25, 0.3) is 0 Å². The molecule has 0 fully saturated rings. The number of pyridine rings is 2. The molecule has 0 saturated carbocycles. The van der Waals surface area contributed by atoms with Gasteiger partial charge in [-0.1, -0.05) is 90.3 Å². The van der Waals surface area contributed by atoms with Gasteiger partial charge in [0.1, 0.15) is 0 Å². The molecule has 41 heavy (non-hydrogen) atoms. The molecule has 0 aliphatic heterocycles. The van der Waals surface area contributed by atoms with Crippen molar-refractivity contribution in [2.45, 2.75) is 5.03 Å². The molecule has 8 rings (SSSR count). The molecule has 0 atom stereocenters. The second-order valence-corrected chi connectivity index (χ2v) is 11.0. The van der Waals surface area contributed by atoms with E-state index in [1.54, 1.807) is 6.07 Å². The summed E-state index contributed by atoms with van der Waals surface area (Å²) in [6.07, 6.45) is 1.29. The van der Waals surface area contributed by atoms with E-state index < -0.39 is 10.1 Å². The van der Waals surface area contributed by atoms with E-state index in [2.05, 4.69) is 108 Å². The fourth-order valence-electron chi connectivity index (χ4n) is 5.34. The van der Waals surface area contributed by atoms with Crippen LogP contribution in [0, 0.1) is 6.07 Å². The first-order valence-electron chi connectivity index (χ1n) is 12.7. The molecule has 1 N–H and O–H groups in total. The Kier molecular flexibility index (Phi) is 6.97. The number of rotatable bonds is 2. The van der Waals surface area contributed by atoms with Crippen molar-refractivity contribution in [2.24, 2.45) is 0 Å². The first-order valence-corrected chi connectivity index (χ1v) is 14.2. The Balaban J connectivity index is 0.000000236. The second-order valence-electron chi connectivity index (χ2n) is 9.62. The summed E-state index contributed by atoms with van der Waals surface area (Å²) in [5, 5.41) is 5.87. The van der Waals surface area contributed by atoms with E-state index in [1.165, 1.54) is 67.5 Å². The third-order valence-corrected chi connectivity index (χ3v) is 7.92. The average molecular weight is 730 g/mol. The average Bonchev–Trinajstić information content (AvgIpc) is 3.31. The Labute approximate surface area is 250 Å². The molecule has 0 spiro atoms. The first kappa shape index (κ1) is 26.9. The largest absolute Gasteiger partial charge is 0.312 e. The molecule has 0 unspecified atom stereocenters. The molecule has 7 heteroatoms. The van der Waals surface area contributed by atoms with Gasteiger partial charge in [-0.25, -0.2) is 4.98 Å². The summed E-state index contributed by atoms with van der Waals surface area (Å²) in [5.41, 5.74) is 8.19. The quantitative estimate of drug-likeness (QED) is 0.111. The normalized spacial score (nSPS) is 11.5. The van der Waals surface area contributed by atoms with Crippen molar-refractivity contribution in [1.29, 1.82) is 0 Å².